The molecule has 3 rings (SSSR count). The van der Waals surface area contributed by atoms with E-state index in [0.717, 1.165) is 0 Å². The normalized spacial score (nSPS) is 11.8. The SMILES string of the molecule is CCOc1ccccc1C(=O)NCc1coc(-c2ccc(OC(C)F)c(OC(C)C)c2)n1. The number of halogens is 1. The van der Waals surface area contributed by atoms with Crippen molar-refractivity contribution in [2.45, 2.75) is 46.7 Å². The van der Waals surface area contributed by atoms with Crippen LogP contribution in [0.3, 0.4) is 0 Å². The van der Waals surface area contributed by atoms with Crippen LogP contribution in [-0.4, -0.2) is 30.0 Å². The van der Waals surface area contributed by atoms with Crippen molar-refractivity contribution in [2.75, 3.05) is 6.61 Å². The van der Waals surface area contributed by atoms with E-state index in [4.69, 9.17) is 18.6 Å². The van der Waals surface area contributed by atoms with Gasteiger partial charge < -0.3 is 23.9 Å². The quantitative estimate of drug-likeness (QED) is 0.467. The Hall–Kier alpha value is -3.55. The number of ether oxygens (including phenoxy) is 3. The summed E-state index contributed by atoms with van der Waals surface area (Å²) in [6.45, 7) is 7.54. The van der Waals surface area contributed by atoms with Crippen LogP contribution in [0.2, 0.25) is 0 Å². The molecule has 1 aromatic heterocycles. The van der Waals surface area contributed by atoms with Gasteiger partial charge in [-0.05, 0) is 51.1 Å². The Bertz CT molecular complexity index is 1050. The lowest BCUT2D eigenvalue weighted by Gasteiger charge is -2.16. The molecule has 3 aromatic rings. The second-order valence-corrected chi connectivity index (χ2v) is 7.24. The van der Waals surface area contributed by atoms with E-state index in [1.54, 1.807) is 36.4 Å². The fourth-order valence-corrected chi connectivity index (χ4v) is 2.98. The van der Waals surface area contributed by atoms with Gasteiger partial charge in [-0.2, -0.15) is 0 Å². The number of nitrogens with zero attached hydrogens (tertiary/aromatic N) is 1. The Morgan fingerprint density at radius 1 is 1.09 bits per heavy atom. The lowest BCUT2D eigenvalue weighted by molar-refractivity contribution is 0.0796. The van der Waals surface area contributed by atoms with Crippen molar-refractivity contribution >= 4 is 5.91 Å². The number of carbonyl (C=O) groups is 1. The van der Waals surface area contributed by atoms with Gasteiger partial charge in [-0.1, -0.05) is 12.1 Å². The summed E-state index contributed by atoms with van der Waals surface area (Å²) in [6, 6.07) is 12.0. The van der Waals surface area contributed by atoms with Crippen molar-refractivity contribution in [2.24, 2.45) is 0 Å². The Morgan fingerprint density at radius 2 is 1.88 bits per heavy atom. The minimum atomic E-state index is -1.47. The maximum Gasteiger partial charge on any atom is 0.255 e. The van der Waals surface area contributed by atoms with E-state index in [2.05, 4.69) is 10.3 Å². The molecule has 0 spiro atoms. The fraction of sp³-hybridized carbons (Fsp3) is 0.333. The van der Waals surface area contributed by atoms with Crippen LogP contribution in [0.4, 0.5) is 4.39 Å². The number of hydrogen-bond acceptors (Lipinski definition) is 6. The standard InChI is InChI=1S/C24H27FN2O5/c1-5-29-20-9-7-6-8-19(20)23(28)26-13-18-14-30-24(27-18)17-10-11-21(32-16(4)25)22(12-17)31-15(2)3/h6-12,14-16H,5,13H2,1-4H3,(H,26,28). The topological polar surface area (TPSA) is 82.8 Å². The molecule has 1 unspecified atom stereocenters. The van der Waals surface area contributed by atoms with E-state index in [0.29, 0.717) is 46.6 Å². The Morgan fingerprint density at radius 3 is 2.59 bits per heavy atom. The molecule has 0 radical (unpaired) electrons. The molecule has 1 N–H and O–H groups in total. The second kappa shape index (κ2) is 10.7. The number of alkyl halides is 1. The maximum absolute atomic E-state index is 13.3. The number of oxazole rings is 1. The molecule has 0 fully saturated rings. The highest BCUT2D eigenvalue weighted by atomic mass is 19.1. The van der Waals surface area contributed by atoms with Crippen LogP contribution < -0.4 is 19.5 Å². The summed E-state index contributed by atoms with van der Waals surface area (Å²) in [5, 5.41) is 2.82. The van der Waals surface area contributed by atoms with Crippen molar-refractivity contribution in [3.05, 3.63) is 60.0 Å². The van der Waals surface area contributed by atoms with Crippen LogP contribution in [0.5, 0.6) is 17.2 Å². The predicted octanol–water partition coefficient (Wildman–Crippen LogP) is 5.15. The van der Waals surface area contributed by atoms with Crippen molar-refractivity contribution in [3.63, 3.8) is 0 Å². The van der Waals surface area contributed by atoms with Gasteiger partial charge in [-0.25, -0.2) is 9.37 Å². The molecular formula is C24H27FN2O5. The van der Waals surface area contributed by atoms with Crippen LogP contribution in [-0.2, 0) is 6.54 Å². The third-order valence-electron chi connectivity index (χ3n) is 4.26. The summed E-state index contributed by atoms with van der Waals surface area (Å²) in [5.41, 5.74) is 1.64. The lowest BCUT2D eigenvalue weighted by atomic mass is 10.2. The minimum Gasteiger partial charge on any atom is -0.493 e. The van der Waals surface area contributed by atoms with E-state index in [9.17, 15) is 9.18 Å². The Balaban J connectivity index is 1.72. The van der Waals surface area contributed by atoms with Gasteiger partial charge in [0.05, 0.1) is 30.5 Å². The first-order valence-corrected chi connectivity index (χ1v) is 10.4. The maximum atomic E-state index is 13.3. The molecule has 7 nitrogen and oxygen atoms in total. The predicted molar refractivity (Wildman–Crippen MR) is 118 cm³/mol. The van der Waals surface area contributed by atoms with Crippen molar-refractivity contribution in [1.82, 2.24) is 10.3 Å². The van der Waals surface area contributed by atoms with Crippen LogP contribution in [0.1, 0.15) is 43.7 Å². The van der Waals surface area contributed by atoms with Gasteiger partial charge >= 0.3 is 0 Å². The fourth-order valence-electron chi connectivity index (χ4n) is 2.98. The first-order valence-electron chi connectivity index (χ1n) is 10.4. The van der Waals surface area contributed by atoms with Crippen LogP contribution in [0.25, 0.3) is 11.5 Å². The molecule has 8 heteroatoms. The lowest BCUT2D eigenvalue weighted by Crippen LogP contribution is -2.23. The zero-order valence-corrected chi connectivity index (χ0v) is 18.6. The molecule has 1 atom stereocenters. The summed E-state index contributed by atoms with van der Waals surface area (Å²) >= 11 is 0. The molecular weight excluding hydrogens is 415 g/mol. The van der Waals surface area contributed by atoms with Crippen LogP contribution in [0, 0.1) is 0 Å². The Kier molecular flexibility index (Phi) is 7.70. The second-order valence-electron chi connectivity index (χ2n) is 7.24. The van der Waals surface area contributed by atoms with Gasteiger partial charge in [-0.15, -0.1) is 0 Å². The Labute approximate surface area is 186 Å². The highest BCUT2D eigenvalue weighted by molar-refractivity contribution is 5.96. The number of nitrogens with one attached hydrogen (secondary N) is 1. The third kappa shape index (κ3) is 6.00. The average molecular weight is 442 g/mol. The summed E-state index contributed by atoms with van der Waals surface area (Å²) in [6.07, 6.45) is -0.126. The summed E-state index contributed by atoms with van der Waals surface area (Å²) in [4.78, 5) is 17.0. The van der Waals surface area contributed by atoms with Gasteiger partial charge in [0.25, 0.3) is 5.91 Å². The third-order valence-corrected chi connectivity index (χ3v) is 4.26. The first kappa shape index (κ1) is 23.1. The number of hydrogen-bond donors (Lipinski definition) is 1. The summed E-state index contributed by atoms with van der Waals surface area (Å²) < 4.78 is 35.3. The summed E-state index contributed by atoms with van der Waals surface area (Å²) in [5.74, 6) is 1.29. The molecule has 0 saturated carbocycles. The molecule has 0 aliphatic carbocycles. The highest BCUT2D eigenvalue weighted by Crippen LogP contribution is 2.34. The monoisotopic (exact) mass is 442 g/mol. The molecule has 2 aromatic carbocycles. The summed E-state index contributed by atoms with van der Waals surface area (Å²) in [7, 11) is 0. The number of amides is 1. The van der Waals surface area contributed by atoms with E-state index in [1.807, 2.05) is 26.8 Å². The van der Waals surface area contributed by atoms with Gasteiger partial charge in [0.2, 0.25) is 12.2 Å². The largest absolute Gasteiger partial charge is 0.493 e. The smallest absolute Gasteiger partial charge is 0.255 e. The number of rotatable bonds is 10. The van der Waals surface area contributed by atoms with Gasteiger partial charge in [-0.3, -0.25) is 4.79 Å². The molecule has 0 saturated heterocycles. The molecule has 1 amide bonds. The molecule has 0 aliphatic heterocycles. The van der Waals surface area contributed by atoms with Crippen molar-refractivity contribution in [3.8, 4) is 28.7 Å². The molecule has 0 bridgehead atoms. The number of para-hydroxylation sites is 1. The number of carbonyl (C=O) groups excluding carboxylic acids is 1. The van der Waals surface area contributed by atoms with Crippen molar-refractivity contribution < 1.29 is 27.8 Å². The van der Waals surface area contributed by atoms with E-state index >= 15 is 0 Å². The van der Waals surface area contributed by atoms with Gasteiger partial charge in [0, 0.05) is 12.5 Å². The van der Waals surface area contributed by atoms with E-state index in [-0.39, 0.29) is 18.6 Å². The van der Waals surface area contributed by atoms with E-state index in [1.165, 1.54) is 13.2 Å². The van der Waals surface area contributed by atoms with Gasteiger partial charge in [0.15, 0.2) is 11.5 Å². The van der Waals surface area contributed by atoms with Crippen molar-refractivity contribution in [1.29, 1.82) is 0 Å². The highest BCUT2D eigenvalue weighted by Gasteiger charge is 2.16. The number of benzene rings is 2. The van der Waals surface area contributed by atoms with Crippen LogP contribution in [0.15, 0.2) is 53.1 Å². The van der Waals surface area contributed by atoms with Crippen LogP contribution >= 0.6 is 0 Å². The zero-order valence-electron chi connectivity index (χ0n) is 18.6. The molecule has 32 heavy (non-hydrogen) atoms. The minimum absolute atomic E-state index is 0.127. The molecule has 0 aliphatic rings. The zero-order chi connectivity index (χ0) is 23.1. The molecule has 1 heterocycles. The van der Waals surface area contributed by atoms with E-state index < -0.39 is 6.36 Å². The molecule has 170 valence electrons. The average Bonchev–Trinajstić information content (AvgIpc) is 3.22. The number of aromatic nitrogens is 1. The van der Waals surface area contributed by atoms with Gasteiger partial charge in [0.1, 0.15) is 12.0 Å². The first-order chi connectivity index (χ1) is 15.4.